The van der Waals surface area contributed by atoms with Crippen molar-refractivity contribution in [3.8, 4) is 5.69 Å². The quantitative estimate of drug-likeness (QED) is 0.691. The maximum atomic E-state index is 14.2. The molecule has 0 fully saturated rings. The van der Waals surface area contributed by atoms with Crippen LogP contribution in [0.5, 0.6) is 0 Å². The molecule has 0 radical (unpaired) electrons. The molecule has 0 atom stereocenters. The molecule has 2 aromatic carbocycles. The molecule has 108 valence electrons. The Bertz CT molecular complexity index is 901. The second-order valence-electron chi connectivity index (χ2n) is 4.94. The van der Waals surface area contributed by atoms with Crippen molar-refractivity contribution in [1.29, 1.82) is 0 Å². The minimum atomic E-state index is -0.315. The summed E-state index contributed by atoms with van der Waals surface area (Å²) in [5.74, 6) is -0.315. The molecule has 0 saturated carbocycles. The molecule has 0 aliphatic carbocycles. The second-order valence-corrected chi connectivity index (χ2v) is 5.38. The Labute approximate surface area is 130 Å². The van der Waals surface area contributed by atoms with Crippen LogP contribution in [0.1, 0.15) is 16.8 Å². The summed E-state index contributed by atoms with van der Waals surface area (Å²) in [6.07, 6.45) is 1.66. The van der Waals surface area contributed by atoms with Crippen molar-refractivity contribution >= 4 is 17.3 Å². The fourth-order valence-electron chi connectivity index (χ4n) is 2.58. The Morgan fingerprint density at radius 3 is 2.82 bits per heavy atom. The summed E-state index contributed by atoms with van der Waals surface area (Å²) in [6.45, 7) is 0.378. The molecular weight excluding hydrogens is 303 g/mol. The van der Waals surface area contributed by atoms with Gasteiger partial charge in [0.25, 0.3) is 0 Å². The third-order valence-electron chi connectivity index (χ3n) is 3.59. The number of aromatic nitrogens is 3. The molecule has 4 rings (SSSR count). The number of aliphatic imine (C=N–C) groups is 1. The van der Waals surface area contributed by atoms with Crippen molar-refractivity contribution < 1.29 is 4.39 Å². The molecule has 1 aliphatic rings. The van der Waals surface area contributed by atoms with Gasteiger partial charge in [-0.25, -0.2) is 9.07 Å². The highest BCUT2D eigenvalue weighted by Gasteiger charge is 2.21. The van der Waals surface area contributed by atoms with E-state index >= 15 is 0 Å². The molecule has 0 N–H and O–H groups in total. The molecule has 0 unspecified atom stereocenters. The minimum Gasteiger partial charge on any atom is -0.277 e. The minimum absolute atomic E-state index is 0.315. The van der Waals surface area contributed by atoms with E-state index in [0.29, 0.717) is 22.8 Å². The van der Waals surface area contributed by atoms with Gasteiger partial charge in [0, 0.05) is 16.1 Å². The van der Waals surface area contributed by atoms with Crippen LogP contribution in [0.4, 0.5) is 4.39 Å². The largest absolute Gasteiger partial charge is 0.277 e. The molecule has 2 heterocycles. The molecule has 3 aromatic rings. The summed E-state index contributed by atoms with van der Waals surface area (Å²) < 4.78 is 15.9. The zero-order valence-corrected chi connectivity index (χ0v) is 12.1. The zero-order valence-electron chi connectivity index (χ0n) is 11.4. The SMILES string of the molecule is Fc1ccccc1C1=NCc2cnnn2-c2ccc(Cl)cc21. The van der Waals surface area contributed by atoms with E-state index in [2.05, 4.69) is 15.3 Å². The topological polar surface area (TPSA) is 43.1 Å². The monoisotopic (exact) mass is 312 g/mol. The van der Waals surface area contributed by atoms with Gasteiger partial charge in [-0.3, -0.25) is 4.99 Å². The smallest absolute Gasteiger partial charge is 0.132 e. The lowest BCUT2D eigenvalue weighted by Crippen LogP contribution is -2.09. The number of halogens is 2. The predicted molar refractivity (Wildman–Crippen MR) is 82.1 cm³/mol. The van der Waals surface area contributed by atoms with E-state index in [-0.39, 0.29) is 5.82 Å². The maximum absolute atomic E-state index is 14.2. The number of benzene rings is 2. The van der Waals surface area contributed by atoms with Crippen LogP contribution in [0.3, 0.4) is 0 Å². The molecule has 1 aromatic heterocycles. The summed E-state index contributed by atoms with van der Waals surface area (Å²) in [5, 5.41) is 8.58. The van der Waals surface area contributed by atoms with Gasteiger partial charge >= 0.3 is 0 Å². The fraction of sp³-hybridized carbons (Fsp3) is 0.0625. The van der Waals surface area contributed by atoms with E-state index in [1.165, 1.54) is 6.07 Å². The van der Waals surface area contributed by atoms with E-state index in [1.807, 2.05) is 6.07 Å². The lowest BCUT2D eigenvalue weighted by atomic mass is 10.00. The Balaban J connectivity index is 2.01. The van der Waals surface area contributed by atoms with Gasteiger partial charge in [-0.2, -0.15) is 0 Å². The average Bonchev–Trinajstić information content (AvgIpc) is 2.92. The third-order valence-corrected chi connectivity index (χ3v) is 3.83. The number of rotatable bonds is 1. The molecule has 0 saturated heterocycles. The van der Waals surface area contributed by atoms with Gasteiger partial charge in [-0.1, -0.05) is 28.9 Å². The number of fused-ring (bicyclic) bond motifs is 3. The fourth-order valence-corrected chi connectivity index (χ4v) is 2.75. The van der Waals surface area contributed by atoms with Crippen LogP contribution < -0.4 is 0 Å². The molecule has 0 bridgehead atoms. The van der Waals surface area contributed by atoms with Crippen LogP contribution >= 0.6 is 11.6 Å². The van der Waals surface area contributed by atoms with Crippen LogP contribution in [-0.2, 0) is 6.54 Å². The van der Waals surface area contributed by atoms with Crippen molar-refractivity contribution in [2.45, 2.75) is 6.54 Å². The molecule has 0 amide bonds. The molecular formula is C16H10ClFN4. The lowest BCUT2D eigenvalue weighted by molar-refractivity contribution is 0.625. The highest BCUT2D eigenvalue weighted by Crippen LogP contribution is 2.27. The van der Waals surface area contributed by atoms with Crippen molar-refractivity contribution in [3.05, 3.63) is 76.3 Å². The highest BCUT2D eigenvalue weighted by atomic mass is 35.5. The summed E-state index contributed by atoms with van der Waals surface area (Å²) >= 11 is 6.13. The van der Waals surface area contributed by atoms with E-state index in [1.54, 1.807) is 41.2 Å². The Morgan fingerprint density at radius 1 is 1.09 bits per heavy atom. The van der Waals surface area contributed by atoms with Gasteiger partial charge in [-0.05, 0) is 30.3 Å². The predicted octanol–water partition coefficient (Wildman–Crippen LogP) is 3.41. The van der Waals surface area contributed by atoms with Crippen LogP contribution in [-0.4, -0.2) is 20.7 Å². The van der Waals surface area contributed by atoms with Gasteiger partial charge in [0.1, 0.15) is 5.82 Å². The van der Waals surface area contributed by atoms with Crippen LogP contribution in [0.2, 0.25) is 5.02 Å². The van der Waals surface area contributed by atoms with Crippen molar-refractivity contribution in [1.82, 2.24) is 15.0 Å². The molecule has 0 spiro atoms. The van der Waals surface area contributed by atoms with E-state index in [9.17, 15) is 4.39 Å². The van der Waals surface area contributed by atoms with Crippen LogP contribution in [0, 0.1) is 5.82 Å². The number of nitrogens with zero attached hydrogens (tertiary/aromatic N) is 4. The van der Waals surface area contributed by atoms with Gasteiger partial charge in [0.2, 0.25) is 0 Å². The Kier molecular flexibility index (Phi) is 3.01. The molecule has 6 heteroatoms. The van der Waals surface area contributed by atoms with E-state index in [4.69, 9.17) is 11.6 Å². The van der Waals surface area contributed by atoms with Gasteiger partial charge in [0.05, 0.1) is 29.8 Å². The second kappa shape index (κ2) is 5.03. The van der Waals surface area contributed by atoms with Crippen molar-refractivity contribution in [2.75, 3.05) is 0 Å². The van der Waals surface area contributed by atoms with Crippen molar-refractivity contribution in [3.63, 3.8) is 0 Å². The van der Waals surface area contributed by atoms with Crippen LogP contribution in [0.15, 0.2) is 53.7 Å². The molecule has 1 aliphatic heterocycles. The normalized spacial score (nSPS) is 13.1. The van der Waals surface area contributed by atoms with Gasteiger partial charge in [0.15, 0.2) is 0 Å². The number of hydrogen-bond acceptors (Lipinski definition) is 3. The third kappa shape index (κ3) is 2.02. The Morgan fingerprint density at radius 2 is 1.95 bits per heavy atom. The van der Waals surface area contributed by atoms with E-state index < -0.39 is 0 Å². The summed E-state index contributed by atoms with van der Waals surface area (Å²) in [7, 11) is 0. The standard InChI is InChI=1S/C16H10ClFN4/c17-10-5-6-15-13(7-10)16(12-3-1-2-4-14(12)18)19-8-11-9-20-21-22(11)15/h1-7,9H,8H2. The van der Waals surface area contributed by atoms with Crippen molar-refractivity contribution in [2.24, 2.45) is 4.99 Å². The first kappa shape index (κ1) is 13.2. The number of hydrogen-bond donors (Lipinski definition) is 0. The average molecular weight is 313 g/mol. The maximum Gasteiger partial charge on any atom is 0.132 e. The molecule has 22 heavy (non-hydrogen) atoms. The first-order chi connectivity index (χ1) is 10.7. The first-order valence-electron chi connectivity index (χ1n) is 6.73. The summed E-state index contributed by atoms with van der Waals surface area (Å²) in [6, 6.07) is 12.0. The van der Waals surface area contributed by atoms with Gasteiger partial charge < -0.3 is 0 Å². The summed E-state index contributed by atoms with van der Waals surface area (Å²) in [4.78, 5) is 4.57. The first-order valence-corrected chi connectivity index (χ1v) is 7.11. The van der Waals surface area contributed by atoms with E-state index in [0.717, 1.165) is 16.9 Å². The van der Waals surface area contributed by atoms with Gasteiger partial charge in [-0.15, -0.1) is 5.10 Å². The summed E-state index contributed by atoms with van der Waals surface area (Å²) in [5.41, 5.74) is 3.39. The molecule has 4 nitrogen and oxygen atoms in total. The lowest BCUT2D eigenvalue weighted by Gasteiger charge is -2.11. The zero-order chi connectivity index (χ0) is 15.1. The van der Waals surface area contributed by atoms with Crippen LogP contribution in [0.25, 0.3) is 5.69 Å². The Hall–Kier alpha value is -2.53. The highest BCUT2D eigenvalue weighted by molar-refractivity contribution is 6.31.